The Balaban J connectivity index is 1.36. The molecule has 0 amide bonds. The molecule has 5 atom stereocenters. The van der Waals surface area contributed by atoms with Crippen molar-refractivity contribution in [1.29, 1.82) is 0 Å². The van der Waals surface area contributed by atoms with Crippen molar-refractivity contribution >= 4 is 12.6 Å². The summed E-state index contributed by atoms with van der Waals surface area (Å²) in [6.45, 7) is 2.06. The highest BCUT2D eigenvalue weighted by atomic mass is 32.1. The van der Waals surface area contributed by atoms with Crippen LogP contribution in [0.4, 0.5) is 0 Å². The lowest BCUT2D eigenvalue weighted by molar-refractivity contribution is -0.254. The molecule has 0 radical (unpaired) electrons. The zero-order valence-electron chi connectivity index (χ0n) is 22.5. The number of benzene rings is 4. The normalized spacial score (nSPS) is 22.7. The molecule has 4 aromatic carbocycles. The molecule has 6 heteroatoms. The molecule has 208 valence electrons. The smallest absolute Gasteiger partial charge is 0.129 e. The van der Waals surface area contributed by atoms with Gasteiger partial charge in [0.15, 0.2) is 0 Å². The van der Waals surface area contributed by atoms with Gasteiger partial charge in [0.2, 0.25) is 0 Å². The summed E-state index contributed by atoms with van der Waals surface area (Å²) in [5.41, 5.74) is 3.79. The summed E-state index contributed by atoms with van der Waals surface area (Å²) in [5.74, 6) is 0. The zero-order chi connectivity index (χ0) is 27.4. The summed E-state index contributed by atoms with van der Waals surface area (Å²) in [6, 6.07) is 40.4. The van der Waals surface area contributed by atoms with Gasteiger partial charge in [0, 0.05) is 0 Å². The van der Waals surface area contributed by atoms with Crippen LogP contribution in [0.3, 0.4) is 0 Å². The minimum Gasteiger partial charge on any atom is -0.374 e. The Kier molecular flexibility index (Phi) is 10.8. The Morgan fingerprint density at radius 2 is 0.850 bits per heavy atom. The van der Waals surface area contributed by atoms with Gasteiger partial charge in [0.25, 0.3) is 0 Å². The van der Waals surface area contributed by atoms with Gasteiger partial charge >= 0.3 is 0 Å². The molecular formula is C34H36O5S. The maximum absolute atomic E-state index is 6.60. The van der Waals surface area contributed by atoms with E-state index in [0.717, 1.165) is 22.3 Å². The van der Waals surface area contributed by atoms with Crippen molar-refractivity contribution < 1.29 is 23.7 Å². The lowest BCUT2D eigenvalue weighted by Crippen LogP contribution is -2.59. The summed E-state index contributed by atoms with van der Waals surface area (Å²) in [6.07, 6.45) is -1.73. The van der Waals surface area contributed by atoms with Crippen LogP contribution in [0.15, 0.2) is 121 Å². The fraction of sp³-hybridized carbons (Fsp3) is 0.294. The van der Waals surface area contributed by atoms with E-state index in [2.05, 4.69) is 24.3 Å². The molecule has 0 spiro atoms. The van der Waals surface area contributed by atoms with Crippen LogP contribution in [0.25, 0.3) is 0 Å². The minimum atomic E-state index is -0.522. The third-order valence-corrected chi connectivity index (χ3v) is 7.27. The number of hydrogen-bond donors (Lipinski definition) is 1. The summed E-state index contributed by atoms with van der Waals surface area (Å²) in [4.78, 5) is 0. The van der Waals surface area contributed by atoms with Gasteiger partial charge in [-0.3, -0.25) is 0 Å². The SMILES string of the molecule is SC1OC(COCc2ccccc2)C(OCc2ccccc2)C(OCc2ccccc2)C1OCc1ccccc1. The van der Waals surface area contributed by atoms with E-state index in [-0.39, 0.29) is 0 Å². The molecule has 0 saturated carbocycles. The summed E-state index contributed by atoms with van der Waals surface area (Å²) in [7, 11) is 0. The van der Waals surface area contributed by atoms with Crippen molar-refractivity contribution in [3.63, 3.8) is 0 Å². The van der Waals surface area contributed by atoms with E-state index >= 15 is 0 Å². The van der Waals surface area contributed by atoms with Gasteiger partial charge in [-0.2, -0.15) is 0 Å². The van der Waals surface area contributed by atoms with Crippen LogP contribution < -0.4 is 0 Å². The van der Waals surface area contributed by atoms with Crippen LogP contribution in [0.2, 0.25) is 0 Å². The first-order chi connectivity index (χ1) is 19.8. The van der Waals surface area contributed by atoms with Crippen LogP contribution in [0.5, 0.6) is 0 Å². The number of rotatable bonds is 13. The molecule has 1 fully saturated rings. The summed E-state index contributed by atoms with van der Waals surface area (Å²) in [5, 5.41) is 0. The minimum absolute atomic E-state index is 0.335. The first-order valence-corrected chi connectivity index (χ1v) is 14.2. The first-order valence-electron chi connectivity index (χ1n) is 13.7. The van der Waals surface area contributed by atoms with E-state index in [1.165, 1.54) is 0 Å². The Bertz CT molecular complexity index is 1240. The molecule has 1 heterocycles. The van der Waals surface area contributed by atoms with Gasteiger partial charge in [-0.05, 0) is 22.3 Å². The number of hydrogen-bond acceptors (Lipinski definition) is 6. The molecule has 4 aromatic rings. The molecule has 0 aromatic heterocycles. The van der Waals surface area contributed by atoms with Crippen LogP contribution in [-0.4, -0.2) is 36.5 Å². The molecule has 40 heavy (non-hydrogen) atoms. The molecule has 5 rings (SSSR count). The van der Waals surface area contributed by atoms with E-state index in [1.807, 2.05) is 97.1 Å². The van der Waals surface area contributed by atoms with Crippen molar-refractivity contribution in [2.75, 3.05) is 6.61 Å². The van der Waals surface area contributed by atoms with Gasteiger partial charge in [-0.15, -0.1) is 12.6 Å². The Morgan fingerprint density at radius 3 is 1.30 bits per heavy atom. The maximum atomic E-state index is 6.60. The molecule has 0 aliphatic carbocycles. The van der Waals surface area contributed by atoms with E-state index < -0.39 is 29.9 Å². The van der Waals surface area contributed by atoms with Crippen molar-refractivity contribution in [3.8, 4) is 0 Å². The third kappa shape index (κ3) is 8.27. The average Bonchev–Trinajstić information content (AvgIpc) is 3.01. The van der Waals surface area contributed by atoms with E-state index in [0.29, 0.717) is 33.0 Å². The molecule has 5 nitrogen and oxygen atoms in total. The highest BCUT2D eigenvalue weighted by molar-refractivity contribution is 7.80. The summed E-state index contributed by atoms with van der Waals surface area (Å²) < 4.78 is 32.2. The molecule has 1 saturated heterocycles. The zero-order valence-corrected chi connectivity index (χ0v) is 23.4. The highest BCUT2D eigenvalue weighted by Crippen LogP contribution is 2.32. The van der Waals surface area contributed by atoms with Gasteiger partial charge in [-0.25, -0.2) is 0 Å². The van der Waals surface area contributed by atoms with Crippen molar-refractivity contribution in [2.45, 2.75) is 56.3 Å². The van der Waals surface area contributed by atoms with Crippen LogP contribution >= 0.6 is 12.6 Å². The second-order valence-electron chi connectivity index (χ2n) is 9.85. The Morgan fingerprint density at radius 1 is 0.475 bits per heavy atom. The third-order valence-electron chi connectivity index (χ3n) is 6.86. The molecule has 0 bridgehead atoms. The predicted molar refractivity (Wildman–Crippen MR) is 159 cm³/mol. The number of ether oxygens (including phenoxy) is 5. The molecule has 5 unspecified atom stereocenters. The molecular weight excluding hydrogens is 520 g/mol. The van der Waals surface area contributed by atoms with Crippen LogP contribution in [0, 0.1) is 0 Å². The van der Waals surface area contributed by atoms with Gasteiger partial charge < -0.3 is 23.7 Å². The fourth-order valence-corrected chi connectivity index (χ4v) is 5.18. The topological polar surface area (TPSA) is 46.2 Å². The predicted octanol–water partition coefficient (Wildman–Crippen LogP) is 6.61. The second-order valence-corrected chi connectivity index (χ2v) is 10.4. The molecule has 1 aliphatic heterocycles. The Labute approximate surface area is 242 Å². The maximum Gasteiger partial charge on any atom is 0.129 e. The molecule has 1 aliphatic rings. The fourth-order valence-electron chi connectivity index (χ4n) is 4.77. The standard InChI is InChI=1S/C34H36O5S/c40-34-33(38-24-29-19-11-4-12-20-29)32(37-23-28-17-9-3-10-18-28)31(36-22-27-15-7-2-8-16-27)30(39-34)25-35-21-26-13-5-1-6-14-26/h1-20,30-34,40H,21-25H2. The molecule has 0 N–H and O–H groups in total. The second kappa shape index (κ2) is 15.1. The lowest BCUT2D eigenvalue weighted by atomic mass is 9.98. The summed E-state index contributed by atoms with van der Waals surface area (Å²) >= 11 is 4.83. The quantitative estimate of drug-likeness (QED) is 0.188. The van der Waals surface area contributed by atoms with E-state index in [4.69, 9.17) is 36.3 Å². The van der Waals surface area contributed by atoms with Crippen molar-refractivity contribution in [2.24, 2.45) is 0 Å². The lowest BCUT2D eigenvalue weighted by Gasteiger charge is -2.45. The van der Waals surface area contributed by atoms with Crippen molar-refractivity contribution in [1.82, 2.24) is 0 Å². The first kappa shape index (κ1) is 28.6. The van der Waals surface area contributed by atoms with Crippen molar-refractivity contribution in [3.05, 3.63) is 144 Å². The average molecular weight is 557 g/mol. The van der Waals surface area contributed by atoms with Crippen LogP contribution in [0.1, 0.15) is 22.3 Å². The van der Waals surface area contributed by atoms with Gasteiger partial charge in [0.1, 0.15) is 29.9 Å². The Hall–Kier alpha value is -2.97. The highest BCUT2D eigenvalue weighted by Gasteiger charge is 2.47. The monoisotopic (exact) mass is 556 g/mol. The van der Waals surface area contributed by atoms with Gasteiger partial charge in [0.05, 0.1) is 33.0 Å². The van der Waals surface area contributed by atoms with Gasteiger partial charge in [-0.1, -0.05) is 121 Å². The number of thiol groups is 1. The van der Waals surface area contributed by atoms with E-state index in [9.17, 15) is 0 Å². The van der Waals surface area contributed by atoms with Crippen LogP contribution in [-0.2, 0) is 50.1 Å². The van der Waals surface area contributed by atoms with E-state index in [1.54, 1.807) is 0 Å². The largest absolute Gasteiger partial charge is 0.374 e.